The highest BCUT2D eigenvalue weighted by Crippen LogP contribution is 2.37. The predicted octanol–water partition coefficient (Wildman–Crippen LogP) is 3.48. The molecule has 4 rings (SSSR count). The fraction of sp³-hybridized carbons (Fsp3) is 0.269. The van der Waals surface area contributed by atoms with E-state index >= 15 is 0 Å². The molecule has 2 aromatic carbocycles. The van der Waals surface area contributed by atoms with Gasteiger partial charge in [-0.15, -0.1) is 0 Å². The Balaban J connectivity index is 2.02. The fourth-order valence-corrected chi connectivity index (χ4v) is 5.37. The summed E-state index contributed by atoms with van der Waals surface area (Å²) in [6.07, 6.45) is 1.74. The molecule has 188 valence electrons. The van der Waals surface area contributed by atoms with Crippen LogP contribution in [0.2, 0.25) is 5.02 Å². The zero-order valence-electron chi connectivity index (χ0n) is 20.5. The minimum atomic E-state index is -0.846. The second kappa shape index (κ2) is 10.6. The molecule has 8 nitrogen and oxygen atoms in total. The van der Waals surface area contributed by atoms with Gasteiger partial charge in [-0.2, -0.15) is 0 Å². The van der Waals surface area contributed by atoms with Crippen molar-refractivity contribution in [2.45, 2.75) is 19.9 Å². The second-order valence-electron chi connectivity index (χ2n) is 7.77. The van der Waals surface area contributed by atoms with Crippen molar-refractivity contribution in [3.05, 3.63) is 83.5 Å². The number of hydrogen-bond acceptors (Lipinski definition) is 8. The van der Waals surface area contributed by atoms with Crippen LogP contribution >= 0.6 is 22.9 Å². The van der Waals surface area contributed by atoms with E-state index in [0.717, 1.165) is 0 Å². The van der Waals surface area contributed by atoms with Crippen molar-refractivity contribution in [1.29, 1.82) is 0 Å². The SMILES string of the molecule is CCOc1c(/C=c2\sc3n(c2=O)[C@H](c2cc(Cl)ccc2OC)C(C(=O)OC)=C(C)N=3)cccc1OC. The van der Waals surface area contributed by atoms with E-state index in [1.54, 1.807) is 44.4 Å². The zero-order valence-corrected chi connectivity index (χ0v) is 22.0. The Morgan fingerprint density at radius 3 is 2.58 bits per heavy atom. The van der Waals surface area contributed by atoms with E-state index in [4.69, 9.17) is 30.5 Å². The Labute approximate surface area is 216 Å². The molecule has 0 saturated heterocycles. The summed E-state index contributed by atoms with van der Waals surface area (Å²) in [6.45, 7) is 4.01. The molecule has 2 heterocycles. The number of esters is 1. The summed E-state index contributed by atoms with van der Waals surface area (Å²) in [5.41, 5.74) is 1.57. The van der Waals surface area contributed by atoms with Gasteiger partial charge < -0.3 is 18.9 Å². The third-order valence-corrected chi connectivity index (χ3v) is 6.94. The van der Waals surface area contributed by atoms with Gasteiger partial charge >= 0.3 is 5.97 Å². The predicted molar refractivity (Wildman–Crippen MR) is 138 cm³/mol. The number of carbonyl (C=O) groups is 1. The van der Waals surface area contributed by atoms with E-state index in [1.165, 1.54) is 30.1 Å². The molecule has 1 aromatic heterocycles. The van der Waals surface area contributed by atoms with Crippen LogP contribution in [0.5, 0.6) is 17.2 Å². The van der Waals surface area contributed by atoms with Gasteiger partial charge in [0, 0.05) is 16.1 Å². The summed E-state index contributed by atoms with van der Waals surface area (Å²) < 4.78 is 23.7. The van der Waals surface area contributed by atoms with Crippen molar-refractivity contribution < 1.29 is 23.7 Å². The largest absolute Gasteiger partial charge is 0.496 e. The van der Waals surface area contributed by atoms with Gasteiger partial charge in [-0.1, -0.05) is 35.1 Å². The number of hydrogen-bond donors (Lipinski definition) is 0. The highest BCUT2D eigenvalue weighted by Gasteiger charge is 2.35. The molecule has 1 aliphatic rings. The van der Waals surface area contributed by atoms with Crippen LogP contribution in [0.25, 0.3) is 6.08 Å². The number of rotatable bonds is 7. The Hall–Kier alpha value is -3.56. The lowest BCUT2D eigenvalue weighted by molar-refractivity contribution is -0.136. The van der Waals surface area contributed by atoms with Crippen LogP contribution in [0.15, 0.2) is 57.5 Å². The van der Waals surface area contributed by atoms with Crippen molar-refractivity contribution in [2.75, 3.05) is 27.9 Å². The maximum Gasteiger partial charge on any atom is 0.338 e. The third-order valence-electron chi connectivity index (χ3n) is 5.72. The molecule has 0 aliphatic carbocycles. The Morgan fingerprint density at radius 1 is 1.17 bits per heavy atom. The standard InChI is InChI=1S/C26H25ClN2O6S/c1-6-35-23-15(8-7-9-19(23)33-4)12-20-24(30)29-22(17-13-16(27)10-11-18(17)32-3)21(25(31)34-5)14(2)28-26(29)36-20/h7-13,22H,6H2,1-5H3/b20-12-/t22-/m1/s1. The van der Waals surface area contributed by atoms with Crippen LogP contribution in [0.4, 0.5) is 0 Å². The number of carbonyl (C=O) groups excluding carboxylic acids is 1. The molecule has 3 aromatic rings. The molecule has 0 radical (unpaired) electrons. The first kappa shape index (κ1) is 25.5. The number of benzene rings is 2. The average molecular weight is 529 g/mol. The Bertz CT molecular complexity index is 1540. The van der Waals surface area contributed by atoms with E-state index in [-0.39, 0.29) is 11.1 Å². The molecule has 0 N–H and O–H groups in total. The lowest BCUT2D eigenvalue weighted by Crippen LogP contribution is -2.40. The number of allylic oxidation sites excluding steroid dienone is 1. The van der Waals surface area contributed by atoms with Crippen LogP contribution in [0.1, 0.15) is 31.0 Å². The van der Waals surface area contributed by atoms with Crippen molar-refractivity contribution in [1.82, 2.24) is 4.57 Å². The van der Waals surface area contributed by atoms with Gasteiger partial charge in [0.2, 0.25) is 0 Å². The lowest BCUT2D eigenvalue weighted by Gasteiger charge is -2.25. The number of nitrogens with zero attached hydrogens (tertiary/aromatic N) is 2. The normalized spacial score (nSPS) is 15.3. The molecule has 10 heteroatoms. The summed E-state index contributed by atoms with van der Waals surface area (Å²) in [5.74, 6) is 0.974. The lowest BCUT2D eigenvalue weighted by atomic mass is 9.95. The monoisotopic (exact) mass is 528 g/mol. The van der Waals surface area contributed by atoms with Crippen LogP contribution in [-0.2, 0) is 9.53 Å². The van der Waals surface area contributed by atoms with Gasteiger partial charge in [0.25, 0.3) is 5.56 Å². The molecular formula is C26H25ClN2O6S. The molecule has 0 saturated carbocycles. The molecule has 0 bridgehead atoms. The van der Waals surface area contributed by atoms with Gasteiger partial charge in [0.15, 0.2) is 16.3 Å². The second-order valence-corrected chi connectivity index (χ2v) is 9.22. The summed E-state index contributed by atoms with van der Waals surface area (Å²) in [6, 6.07) is 9.67. The van der Waals surface area contributed by atoms with Gasteiger partial charge in [-0.05, 0) is 44.2 Å². The molecule has 36 heavy (non-hydrogen) atoms. The van der Waals surface area contributed by atoms with Crippen molar-refractivity contribution in [3.63, 3.8) is 0 Å². The number of aromatic nitrogens is 1. The highest BCUT2D eigenvalue weighted by molar-refractivity contribution is 7.07. The van der Waals surface area contributed by atoms with E-state index in [9.17, 15) is 9.59 Å². The van der Waals surface area contributed by atoms with Crippen molar-refractivity contribution >= 4 is 35.0 Å². The van der Waals surface area contributed by atoms with Crippen molar-refractivity contribution in [2.24, 2.45) is 4.99 Å². The first-order valence-electron chi connectivity index (χ1n) is 11.1. The number of ether oxygens (including phenoxy) is 4. The fourth-order valence-electron chi connectivity index (χ4n) is 4.15. The quantitative estimate of drug-likeness (QED) is 0.436. The maximum atomic E-state index is 13.8. The minimum Gasteiger partial charge on any atom is -0.496 e. The van der Waals surface area contributed by atoms with Gasteiger partial charge in [0.1, 0.15) is 11.8 Å². The topological polar surface area (TPSA) is 88.4 Å². The molecule has 0 spiro atoms. The Morgan fingerprint density at radius 2 is 1.92 bits per heavy atom. The van der Waals surface area contributed by atoms with Gasteiger partial charge in [-0.25, -0.2) is 9.79 Å². The molecule has 0 fully saturated rings. The summed E-state index contributed by atoms with van der Waals surface area (Å²) in [4.78, 5) is 31.7. The first-order chi connectivity index (χ1) is 17.3. The van der Waals surface area contributed by atoms with Crippen molar-refractivity contribution in [3.8, 4) is 17.2 Å². The van der Waals surface area contributed by atoms with Crippen LogP contribution in [0.3, 0.4) is 0 Å². The molecule has 0 amide bonds. The maximum absolute atomic E-state index is 13.8. The van der Waals surface area contributed by atoms with E-state index in [2.05, 4.69) is 4.99 Å². The third kappa shape index (κ3) is 4.52. The van der Waals surface area contributed by atoms with E-state index in [0.29, 0.717) is 55.0 Å². The number of para-hydroxylation sites is 1. The number of thiazole rings is 1. The molecule has 1 atom stereocenters. The van der Waals surface area contributed by atoms with Gasteiger partial charge in [-0.3, -0.25) is 9.36 Å². The smallest absolute Gasteiger partial charge is 0.338 e. The minimum absolute atomic E-state index is 0.230. The van der Waals surface area contributed by atoms with E-state index < -0.39 is 12.0 Å². The van der Waals surface area contributed by atoms with Crippen LogP contribution < -0.4 is 29.1 Å². The zero-order chi connectivity index (χ0) is 26.0. The number of fused-ring (bicyclic) bond motifs is 1. The van der Waals surface area contributed by atoms with E-state index in [1.807, 2.05) is 19.1 Å². The van der Waals surface area contributed by atoms with Crippen LogP contribution in [-0.4, -0.2) is 38.5 Å². The molecule has 1 aliphatic heterocycles. The molecule has 0 unspecified atom stereocenters. The average Bonchev–Trinajstić information content (AvgIpc) is 3.18. The summed E-state index contributed by atoms with van der Waals surface area (Å²) in [5, 5.41) is 0.435. The number of halogens is 1. The van der Waals surface area contributed by atoms with Gasteiger partial charge in [0.05, 0.1) is 43.7 Å². The highest BCUT2D eigenvalue weighted by atomic mass is 35.5. The Kier molecular flexibility index (Phi) is 7.51. The first-order valence-corrected chi connectivity index (χ1v) is 12.3. The summed E-state index contributed by atoms with van der Waals surface area (Å²) >= 11 is 7.53. The molecular weight excluding hydrogens is 504 g/mol. The summed E-state index contributed by atoms with van der Waals surface area (Å²) in [7, 11) is 4.37. The van der Waals surface area contributed by atoms with Crippen LogP contribution in [0, 0.1) is 0 Å². The number of methoxy groups -OCH3 is 3.